The molecule has 1 saturated carbocycles. The summed E-state index contributed by atoms with van der Waals surface area (Å²) in [4.78, 5) is 11.6. The second-order valence-electron chi connectivity index (χ2n) is 4.65. The first kappa shape index (κ1) is 15.4. The van der Waals surface area contributed by atoms with Gasteiger partial charge in [-0.15, -0.1) is 0 Å². The number of anilines is 1. The first-order valence-electron chi connectivity index (χ1n) is 6.12. The molecule has 1 aromatic rings. The largest absolute Gasteiger partial charge is 0.350 e. The third kappa shape index (κ3) is 2.87. The van der Waals surface area contributed by atoms with Crippen molar-refractivity contribution in [2.75, 3.05) is 4.31 Å². The number of carbonyl (C=O) groups is 1. The monoisotopic (exact) mass is 336 g/mol. The molecule has 5 nitrogen and oxygen atoms in total. The second kappa shape index (κ2) is 5.79. The fourth-order valence-corrected chi connectivity index (χ4v) is 4.52. The summed E-state index contributed by atoms with van der Waals surface area (Å²) < 4.78 is 25.7. The van der Waals surface area contributed by atoms with E-state index in [2.05, 4.69) is 0 Å². The van der Waals surface area contributed by atoms with E-state index in [9.17, 15) is 13.2 Å². The van der Waals surface area contributed by atoms with Crippen molar-refractivity contribution >= 4 is 44.9 Å². The topological polar surface area (TPSA) is 80.5 Å². The number of hydrogen-bond donors (Lipinski definition) is 1. The molecule has 2 rings (SSSR count). The number of rotatable bonds is 3. The highest BCUT2D eigenvalue weighted by Gasteiger charge is 2.37. The Kier molecular flexibility index (Phi) is 4.46. The van der Waals surface area contributed by atoms with Gasteiger partial charge in [0, 0.05) is 0 Å². The number of urea groups is 1. The van der Waals surface area contributed by atoms with Crippen LogP contribution in [0.15, 0.2) is 18.2 Å². The molecule has 2 N–H and O–H groups in total. The molecule has 0 bridgehead atoms. The second-order valence-corrected chi connectivity index (χ2v) is 7.53. The predicted molar refractivity (Wildman–Crippen MR) is 79.7 cm³/mol. The van der Waals surface area contributed by atoms with Crippen LogP contribution < -0.4 is 10.0 Å². The number of primary amides is 1. The molecule has 20 heavy (non-hydrogen) atoms. The van der Waals surface area contributed by atoms with Crippen molar-refractivity contribution in [1.82, 2.24) is 0 Å². The van der Waals surface area contributed by atoms with Crippen LogP contribution in [0.4, 0.5) is 10.5 Å². The molecule has 1 fully saturated rings. The number of carbonyl (C=O) groups excluding carboxylic acids is 1. The van der Waals surface area contributed by atoms with E-state index in [1.54, 1.807) is 0 Å². The molecule has 1 aliphatic carbocycles. The Morgan fingerprint density at radius 1 is 1.20 bits per heavy atom. The maximum Gasteiger partial charge on any atom is 0.333 e. The van der Waals surface area contributed by atoms with Crippen LogP contribution in [0.3, 0.4) is 0 Å². The average Bonchev–Trinajstić information content (AvgIpc) is 2.87. The van der Waals surface area contributed by atoms with Gasteiger partial charge in [-0.1, -0.05) is 36.0 Å². The zero-order valence-corrected chi connectivity index (χ0v) is 12.9. The molecule has 0 aliphatic heterocycles. The Labute approximate surface area is 127 Å². The highest BCUT2D eigenvalue weighted by molar-refractivity contribution is 7.94. The molecule has 2 amide bonds. The van der Waals surface area contributed by atoms with Crippen LogP contribution in [0.2, 0.25) is 10.0 Å². The Balaban J connectivity index is 2.45. The van der Waals surface area contributed by atoms with E-state index in [-0.39, 0.29) is 15.7 Å². The van der Waals surface area contributed by atoms with Crippen LogP contribution >= 0.6 is 23.2 Å². The van der Waals surface area contributed by atoms with Gasteiger partial charge in [-0.25, -0.2) is 13.2 Å². The molecule has 0 aromatic heterocycles. The van der Waals surface area contributed by atoms with Crippen molar-refractivity contribution in [2.45, 2.75) is 30.9 Å². The average molecular weight is 337 g/mol. The summed E-state index contributed by atoms with van der Waals surface area (Å²) in [6, 6.07) is 3.11. The molecule has 0 heterocycles. The Bertz CT molecular complexity index is 628. The highest BCUT2D eigenvalue weighted by atomic mass is 35.5. The zero-order chi connectivity index (χ0) is 14.9. The number of benzene rings is 1. The predicted octanol–water partition coefficient (Wildman–Crippen LogP) is 3.15. The first-order chi connectivity index (χ1) is 9.34. The maximum atomic E-state index is 12.5. The van der Waals surface area contributed by atoms with Crippen LogP contribution in [0, 0.1) is 0 Å². The summed E-state index contributed by atoms with van der Waals surface area (Å²) in [5.74, 6) is 0. The summed E-state index contributed by atoms with van der Waals surface area (Å²) >= 11 is 11.7. The summed E-state index contributed by atoms with van der Waals surface area (Å²) in [5, 5.41) is -0.139. The molecule has 0 atom stereocenters. The molecule has 1 aromatic carbocycles. The lowest BCUT2D eigenvalue weighted by atomic mass is 10.3. The van der Waals surface area contributed by atoms with E-state index in [4.69, 9.17) is 28.9 Å². The van der Waals surface area contributed by atoms with Gasteiger partial charge in [0.1, 0.15) is 0 Å². The van der Waals surface area contributed by atoms with Crippen LogP contribution in [-0.2, 0) is 10.0 Å². The minimum atomic E-state index is -3.83. The summed E-state index contributed by atoms with van der Waals surface area (Å²) in [7, 11) is -3.83. The van der Waals surface area contributed by atoms with Gasteiger partial charge in [0.05, 0.1) is 21.0 Å². The molecular weight excluding hydrogens is 323 g/mol. The van der Waals surface area contributed by atoms with Crippen LogP contribution in [0.1, 0.15) is 25.7 Å². The fraction of sp³-hybridized carbons (Fsp3) is 0.417. The van der Waals surface area contributed by atoms with Crippen molar-refractivity contribution in [1.29, 1.82) is 0 Å². The minimum absolute atomic E-state index is 0.110. The van der Waals surface area contributed by atoms with Gasteiger partial charge in [-0.2, -0.15) is 4.31 Å². The summed E-state index contributed by atoms with van der Waals surface area (Å²) in [5.41, 5.74) is 5.35. The Morgan fingerprint density at radius 3 is 2.30 bits per heavy atom. The molecule has 0 saturated heterocycles. The van der Waals surface area contributed by atoms with Crippen LogP contribution in [-0.4, -0.2) is 19.7 Å². The number of nitrogens with zero attached hydrogens (tertiary/aromatic N) is 1. The Hall–Kier alpha value is -0.980. The van der Waals surface area contributed by atoms with Gasteiger partial charge in [-0.3, -0.25) is 0 Å². The van der Waals surface area contributed by atoms with E-state index >= 15 is 0 Å². The lowest BCUT2D eigenvalue weighted by Crippen LogP contribution is -2.45. The molecule has 8 heteroatoms. The quantitative estimate of drug-likeness (QED) is 0.920. The standard InChI is InChI=1S/C12H14Cl2N2O3S/c13-10-6-5-8(7-11(10)14)16(12(15)17)20(18,19)9-3-1-2-4-9/h5-7,9H,1-4H2,(H2,15,17). The number of hydrogen-bond acceptors (Lipinski definition) is 3. The number of sulfonamides is 1. The number of amides is 2. The van der Waals surface area contributed by atoms with Crippen LogP contribution in [0.25, 0.3) is 0 Å². The smallest absolute Gasteiger partial charge is 0.333 e. The highest BCUT2D eigenvalue weighted by Crippen LogP contribution is 2.33. The van der Waals surface area contributed by atoms with Crippen molar-refractivity contribution in [3.05, 3.63) is 28.2 Å². The maximum absolute atomic E-state index is 12.5. The van der Waals surface area contributed by atoms with Gasteiger partial charge in [0.25, 0.3) is 0 Å². The molecule has 110 valence electrons. The van der Waals surface area contributed by atoms with E-state index in [0.717, 1.165) is 12.8 Å². The molecule has 0 unspecified atom stereocenters. The Morgan fingerprint density at radius 2 is 1.80 bits per heavy atom. The molecule has 0 radical (unpaired) electrons. The van der Waals surface area contributed by atoms with E-state index in [0.29, 0.717) is 17.1 Å². The van der Waals surface area contributed by atoms with E-state index in [1.165, 1.54) is 18.2 Å². The van der Waals surface area contributed by atoms with Crippen molar-refractivity contribution < 1.29 is 13.2 Å². The molecule has 0 spiro atoms. The van der Waals surface area contributed by atoms with Gasteiger partial charge in [0.15, 0.2) is 0 Å². The van der Waals surface area contributed by atoms with E-state index < -0.39 is 21.3 Å². The minimum Gasteiger partial charge on any atom is -0.350 e. The number of nitrogens with two attached hydrogens (primary N) is 1. The van der Waals surface area contributed by atoms with Gasteiger partial charge < -0.3 is 5.73 Å². The normalized spacial score (nSPS) is 16.3. The zero-order valence-electron chi connectivity index (χ0n) is 10.6. The first-order valence-corrected chi connectivity index (χ1v) is 8.38. The van der Waals surface area contributed by atoms with Gasteiger partial charge >= 0.3 is 6.03 Å². The fourth-order valence-electron chi connectivity index (χ4n) is 2.35. The van der Waals surface area contributed by atoms with Crippen molar-refractivity contribution in [3.8, 4) is 0 Å². The number of halogens is 2. The molecule has 1 aliphatic rings. The third-order valence-corrected chi connectivity index (χ3v) is 6.27. The summed E-state index contributed by atoms with van der Waals surface area (Å²) in [6.07, 6.45) is 2.73. The molecular formula is C12H14Cl2N2O3S. The SMILES string of the molecule is NC(=O)N(c1ccc(Cl)c(Cl)c1)S(=O)(=O)C1CCCC1. The third-order valence-electron chi connectivity index (χ3n) is 3.32. The van der Waals surface area contributed by atoms with Gasteiger partial charge in [-0.05, 0) is 31.0 Å². The lowest BCUT2D eigenvalue weighted by Gasteiger charge is -2.24. The van der Waals surface area contributed by atoms with Crippen molar-refractivity contribution in [3.63, 3.8) is 0 Å². The van der Waals surface area contributed by atoms with Crippen molar-refractivity contribution in [2.24, 2.45) is 5.73 Å². The van der Waals surface area contributed by atoms with E-state index in [1.807, 2.05) is 0 Å². The van der Waals surface area contributed by atoms with Gasteiger partial charge in [0.2, 0.25) is 10.0 Å². The lowest BCUT2D eigenvalue weighted by molar-refractivity contribution is 0.257. The van der Waals surface area contributed by atoms with Crippen LogP contribution in [0.5, 0.6) is 0 Å². The summed E-state index contributed by atoms with van der Waals surface area (Å²) in [6.45, 7) is 0.